The monoisotopic (exact) mass is 373 g/mol. The molecule has 0 bridgehead atoms. The standard InChI is InChI=1S/C15H14BrClFNO2/c1-15(2,3)19(14(20)21)11-7-10(18)12-8(13(11)16)5-4-6-9(12)17/h4-7H,1-3H3,(H,20,21). The molecule has 2 aromatic rings. The van der Waals surface area contributed by atoms with Crippen LogP contribution in [0.3, 0.4) is 0 Å². The van der Waals surface area contributed by atoms with Crippen LogP contribution in [0.1, 0.15) is 20.8 Å². The van der Waals surface area contributed by atoms with Crippen molar-refractivity contribution in [2.75, 3.05) is 4.90 Å². The van der Waals surface area contributed by atoms with E-state index < -0.39 is 17.4 Å². The van der Waals surface area contributed by atoms with Gasteiger partial charge < -0.3 is 5.11 Å². The Morgan fingerprint density at radius 2 is 2.00 bits per heavy atom. The number of nitrogens with zero attached hydrogens (tertiary/aromatic N) is 1. The van der Waals surface area contributed by atoms with Crippen LogP contribution < -0.4 is 4.90 Å². The molecule has 0 fully saturated rings. The van der Waals surface area contributed by atoms with Crippen LogP contribution in [-0.2, 0) is 0 Å². The van der Waals surface area contributed by atoms with E-state index in [4.69, 9.17) is 11.6 Å². The Labute approximate surface area is 135 Å². The maximum Gasteiger partial charge on any atom is 0.412 e. The van der Waals surface area contributed by atoms with Crippen molar-refractivity contribution in [3.63, 3.8) is 0 Å². The SMILES string of the molecule is CC(C)(C)N(C(=O)O)c1cc(F)c2c(Cl)cccc2c1Br. The molecule has 1 N–H and O–H groups in total. The van der Waals surface area contributed by atoms with Crippen molar-refractivity contribution in [1.29, 1.82) is 0 Å². The zero-order valence-corrected chi connectivity index (χ0v) is 14.1. The molecule has 0 saturated heterocycles. The van der Waals surface area contributed by atoms with E-state index in [1.54, 1.807) is 39.0 Å². The average molecular weight is 375 g/mol. The first-order valence-electron chi connectivity index (χ1n) is 6.24. The molecule has 0 aliphatic rings. The first-order valence-corrected chi connectivity index (χ1v) is 7.41. The molecule has 0 unspecified atom stereocenters. The number of fused-ring (bicyclic) bond motifs is 1. The Kier molecular flexibility index (Phi) is 4.17. The summed E-state index contributed by atoms with van der Waals surface area (Å²) in [5.74, 6) is -0.552. The van der Waals surface area contributed by atoms with Crippen molar-refractivity contribution in [2.24, 2.45) is 0 Å². The summed E-state index contributed by atoms with van der Waals surface area (Å²) in [7, 11) is 0. The molecule has 112 valence electrons. The second-order valence-corrected chi connectivity index (χ2v) is 6.84. The van der Waals surface area contributed by atoms with Gasteiger partial charge in [-0.25, -0.2) is 9.18 Å². The van der Waals surface area contributed by atoms with E-state index in [1.807, 2.05) is 0 Å². The first-order chi connectivity index (χ1) is 9.64. The topological polar surface area (TPSA) is 40.5 Å². The molecular weight excluding hydrogens is 361 g/mol. The normalized spacial score (nSPS) is 11.7. The summed E-state index contributed by atoms with van der Waals surface area (Å²) in [5, 5.41) is 10.6. The predicted octanol–water partition coefficient (Wildman–Crippen LogP) is 5.68. The Morgan fingerprint density at radius 3 is 2.52 bits per heavy atom. The van der Waals surface area contributed by atoms with E-state index in [1.165, 1.54) is 6.07 Å². The third-order valence-corrected chi connectivity index (χ3v) is 4.23. The predicted molar refractivity (Wildman–Crippen MR) is 86.9 cm³/mol. The van der Waals surface area contributed by atoms with E-state index in [2.05, 4.69) is 15.9 Å². The number of hydrogen-bond donors (Lipinski definition) is 1. The van der Waals surface area contributed by atoms with Gasteiger partial charge in [0.1, 0.15) is 5.82 Å². The molecule has 0 aliphatic heterocycles. The molecule has 0 radical (unpaired) electrons. The van der Waals surface area contributed by atoms with Crippen LogP contribution in [0.4, 0.5) is 14.9 Å². The van der Waals surface area contributed by atoms with Crippen LogP contribution >= 0.6 is 27.5 Å². The molecule has 0 atom stereocenters. The molecule has 21 heavy (non-hydrogen) atoms. The van der Waals surface area contributed by atoms with Crippen molar-refractivity contribution in [2.45, 2.75) is 26.3 Å². The van der Waals surface area contributed by atoms with Crippen LogP contribution in [0.2, 0.25) is 5.02 Å². The van der Waals surface area contributed by atoms with E-state index in [-0.39, 0.29) is 16.1 Å². The second kappa shape index (κ2) is 5.46. The minimum atomic E-state index is -1.15. The lowest BCUT2D eigenvalue weighted by atomic mass is 10.0. The maximum atomic E-state index is 14.4. The fraction of sp³-hybridized carbons (Fsp3) is 0.267. The van der Waals surface area contributed by atoms with Gasteiger partial charge in [0.25, 0.3) is 0 Å². The van der Waals surface area contributed by atoms with Crippen LogP contribution in [0.15, 0.2) is 28.7 Å². The van der Waals surface area contributed by atoms with Crippen molar-refractivity contribution in [3.8, 4) is 0 Å². The molecular formula is C15H14BrClFNO2. The number of carboxylic acid groups (broad SMARTS) is 1. The van der Waals surface area contributed by atoms with Gasteiger partial charge in [0.15, 0.2) is 0 Å². The number of halogens is 3. The van der Waals surface area contributed by atoms with Crippen LogP contribution in [0, 0.1) is 5.82 Å². The molecule has 3 nitrogen and oxygen atoms in total. The summed E-state index contributed by atoms with van der Waals surface area (Å²) in [6, 6.07) is 6.18. The Morgan fingerprint density at radius 1 is 1.38 bits per heavy atom. The van der Waals surface area contributed by atoms with Gasteiger partial charge >= 0.3 is 6.09 Å². The van der Waals surface area contributed by atoms with Gasteiger partial charge in [-0.05, 0) is 48.8 Å². The summed E-state index contributed by atoms with van der Waals surface area (Å²) in [6.07, 6.45) is -1.15. The smallest absolute Gasteiger partial charge is 0.412 e. The van der Waals surface area contributed by atoms with Gasteiger partial charge in [0, 0.05) is 20.8 Å². The van der Waals surface area contributed by atoms with E-state index in [0.717, 1.165) is 4.90 Å². The molecule has 2 aromatic carbocycles. The molecule has 1 amide bonds. The zero-order valence-electron chi connectivity index (χ0n) is 11.7. The highest BCUT2D eigenvalue weighted by Gasteiger charge is 2.30. The fourth-order valence-electron chi connectivity index (χ4n) is 2.26. The summed E-state index contributed by atoms with van der Waals surface area (Å²) < 4.78 is 14.9. The minimum Gasteiger partial charge on any atom is -0.465 e. The largest absolute Gasteiger partial charge is 0.465 e. The van der Waals surface area contributed by atoms with Crippen molar-refractivity contribution in [3.05, 3.63) is 39.6 Å². The summed E-state index contributed by atoms with van der Waals surface area (Å²) in [4.78, 5) is 12.7. The molecule has 0 spiro atoms. The van der Waals surface area contributed by atoms with Crippen molar-refractivity contribution >= 4 is 50.1 Å². The quantitative estimate of drug-likeness (QED) is 0.698. The number of amides is 1. The van der Waals surface area contributed by atoms with Gasteiger partial charge in [-0.15, -0.1) is 0 Å². The molecule has 2 rings (SSSR count). The lowest BCUT2D eigenvalue weighted by Crippen LogP contribution is -2.45. The maximum absolute atomic E-state index is 14.4. The van der Waals surface area contributed by atoms with E-state index in [9.17, 15) is 14.3 Å². The first kappa shape index (κ1) is 16.0. The van der Waals surface area contributed by atoms with Gasteiger partial charge in [-0.1, -0.05) is 23.7 Å². The number of anilines is 1. The Hall–Kier alpha value is -1.33. The Bertz CT molecular complexity index is 728. The van der Waals surface area contributed by atoms with Crippen molar-refractivity contribution < 1.29 is 14.3 Å². The van der Waals surface area contributed by atoms with E-state index in [0.29, 0.717) is 9.86 Å². The highest BCUT2D eigenvalue weighted by atomic mass is 79.9. The van der Waals surface area contributed by atoms with Crippen molar-refractivity contribution in [1.82, 2.24) is 0 Å². The number of benzene rings is 2. The van der Waals surface area contributed by atoms with Gasteiger partial charge in [0.2, 0.25) is 0 Å². The number of rotatable bonds is 1. The van der Waals surface area contributed by atoms with Gasteiger partial charge in [0.05, 0.1) is 10.7 Å². The highest BCUT2D eigenvalue weighted by molar-refractivity contribution is 9.10. The summed E-state index contributed by atoms with van der Waals surface area (Å²) in [6.45, 7) is 5.23. The summed E-state index contributed by atoms with van der Waals surface area (Å²) >= 11 is 9.41. The number of hydrogen-bond acceptors (Lipinski definition) is 1. The lowest BCUT2D eigenvalue weighted by Gasteiger charge is -2.34. The Balaban J connectivity index is 2.83. The molecule has 0 aliphatic carbocycles. The third kappa shape index (κ3) is 2.85. The average Bonchev–Trinajstić information content (AvgIpc) is 2.33. The third-order valence-electron chi connectivity index (χ3n) is 3.08. The highest BCUT2D eigenvalue weighted by Crippen LogP contribution is 2.40. The molecule has 0 heterocycles. The lowest BCUT2D eigenvalue weighted by molar-refractivity contribution is 0.195. The summed E-state index contributed by atoms with van der Waals surface area (Å²) in [5.41, 5.74) is -0.463. The molecule has 6 heteroatoms. The van der Waals surface area contributed by atoms with Gasteiger partial charge in [-0.2, -0.15) is 0 Å². The second-order valence-electron chi connectivity index (χ2n) is 5.64. The van der Waals surface area contributed by atoms with Gasteiger partial charge in [-0.3, -0.25) is 4.90 Å². The van der Waals surface area contributed by atoms with Crippen LogP contribution in [0.25, 0.3) is 10.8 Å². The van der Waals surface area contributed by atoms with E-state index >= 15 is 0 Å². The minimum absolute atomic E-state index is 0.252. The fourth-order valence-corrected chi connectivity index (χ4v) is 3.14. The molecule has 0 aromatic heterocycles. The van der Waals surface area contributed by atoms with Crippen LogP contribution in [0.5, 0.6) is 0 Å². The molecule has 0 saturated carbocycles. The number of carbonyl (C=O) groups is 1. The zero-order chi connectivity index (χ0) is 15.9. The van der Waals surface area contributed by atoms with Crippen LogP contribution in [-0.4, -0.2) is 16.7 Å².